The summed E-state index contributed by atoms with van der Waals surface area (Å²) in [5, 5.41) is 29.5. The minimum absolute atomic E-state index is 0. The van der Waals surface area contributed by atoms with Gasteiger partial charge in [-0.1, -0.05) is 6.07 Å². The molecule has 2 aromatic heterocycles. The standard InChI is InChI=1S/C20H23N7O.2ClH/c1-20(5-6-20)24-15-4-7-27(12-15)19-21-11-17(25-26-19)16-3-2-13(8-18(16)28)14-9-22-23-10-14;;/h2-3,8-11,15,24,28H,4-7,12H2,1H3,(H,22,23);2*1H. The molecule has 0 radical (unpaired) electrons. The molecule has 1 aliphatic carbocycles. The second kappa shape index (κ2) is 8.75. The number of phenolic OH excluding ortho intramolecular Hbond substituents is 1. The summed E-state index contributed by atoms with van der Waals surface area (Å²) in [6.45, 7) is 4.12. The van der Waals surface area contributed by atoms with Gasteiger partial charge in [0.05, 0.1) is 12.4 Å². The fraction of sp³-hybridized carbons (Fsp3) is 0.400. The lowest BCUT2D eigenvalue weighted by Crippen LogP contribution is -2.40. The third-order valence-electron chi connectivity index (χ3n) is 5.68. The monoisotopic (exact) mass is 449 g/mol. The Balaban J connectivity index is 0.00000128. The number of halogens is 2. The van der Waals surface area contributed by atoms with Crippen molar-refractivity contribution in [3.05, 3.63) is 36.8 Å². The van der Waals surface area contributed by atoms with E-state index in [9.17, 15) is 5.11 Å². The van der Waals surface area contributed by atoms with Gasteiger partial charge in [-0.2, -0.15) is 5.10 Å². The molecule has 10 heteroatoms. The lowest BCUT2D eigenvalue weighted by atomic mass is 10.0. The van der Waals surface area contributed by atoms with Gasteiger partial charge in [-0.25, -0.2) is 4.98 Å². The van der Waals surface area contributed by atoms with E-state index in [0.717, 1.165) is 30.6 Å². The third-order valence-corrected chi connectivity index (χ3v) is 5.68. The molecule has 1 atom stereocenters. The highest BCUT2D eigenvalue weighted by atomic mass is 35.5. The Bertz CT molecular complexity index is 977. The second-order valence-corrected chi connectivity index (χ2v) is 8.00. The van der Waals surface area contributed by atoms with Gasteiger partial charge in [-0.3, -0.25) is 5.10 Å². The van der Waals surface area contributed by atoms with E-state index >= 15 is 0 Å². The first kappa shape index (κ1) is 22.3. The number of aromatic amines is 1. The van der Waals surface area contributed by atoms with E-state index in [0.29, 0.717) is 28.8 Å². The van der Waals surface area contributed by atoms with Crippen molar-refractivity contribution < 1.29 is 5.11 Å². The minimum Gasteiger partial charge on any atom is -0.507 e. The average molecular weight is 450 g/mol. The van der Waals surface area contributed by atoms with Crippen LogP contribution in [0.1, 0.15) is 26.2 Å². The molecule has 5 rings (SSSR count). The predicted molar refractivity (Wildman–Crippen MR) is 120 cm³/mol. The number of rotatable bonds is 5. The van der Waals surface area contributed by atoms with Crippen molar-refractivity contribution in [1.29, 1.82) is 0 Å². The van der Waals surface area contributed by atoms with Crippen molar-refractivity contribution in [2.45, 2.75) is 37.8 Å². The highest BCUT2D eigenvalue weighted by molar-refractivity contribution is 5.85. The van der Waals surface area contributed by atoms with Crippen LogP contribution in [0.2, 0.25) is 0 Å². The number of phenols is 1. The number of H-pyrrole nitrogens is 1. The molecule has 30 heavy (non-hydrogen) atoms. The summed E-state index contributed by atoms with van der Waals surface area (Å²) < 4.78 is 0. The SMILES string of the molecule is CC1(NC2CCN(c3ncc(-c4ccc(-c5cn[nH]c5)cc4O)nn3)C2)CC1.Cl.Cl. The molecule has 160 valence electrons. The molecule has 3 heterocycles. The zero-order chi connectivity index (χ0) is 19.1. The number of benzene rings is 1. The number of anilines is 1. The van der Waals surface area contributed by atoms with E-state index in [4.69, 9.17) is 0 Å². The molecule has 0 spiro atoms. The summed E-state index contributed by atoms with van der Waals surface area (Å²) in [4.78, 5) is 6.66. The Morgan fingerprint density at radius 3 is 2.63 bits per heavy atom. The first-order valence-corrected chi connectivity index (χ1v) is 9.65. The van der Waals surface area contributed by atoms with Gasteiger partial charge in [0.25, 0.3) is 0 Å². The summed E-state index contributed by atoms with van der Waals surface area (Å²) in [7, 11) is 0. The van der Waals surface area contributed by atoms with Crippen molar-refractivity contribution in [3.8, 4) is 28.1 Å². The summed E-state index contributed by atoms with van der Waals surface area (Å²) >= 11 is 0. The second-order valence-electron chi connectivity index (χ2n) is 8.00. The minimum atomic E-state index is 0. The molecule has 8 nitrogen and oxygen atoms in total. The van der Waals surface area contributed by atoms with Crippen LogP contribution < -0.4 is 10.2 Å². The number of hydrogen-bond donors (Lipinski definition) is 3. The Kier molecular flexibility index (Phi) is 6.50. The molecule has 2 aliphatic rings. The maximum atomic E-state index is 10.4. The van der Waals surface area contributed by atoms with E-state index in [1.807, 2.05) is 12.1 Å². The fourth-order valence-corrected chi connectivity index (χ4v) is 3.76. The average Bonchev–Trinajstić information content (AvgIpc) is 3.10. The first-order chi connectivity index (χ1) is 13.6. The van der Waals surface area contributed by atoms with Crippen molar-refractivity contribution in [1.82, 2.24) is 30.7 Å². The van der Waals surface area contributed by atoms with Crippen LogP contribution in [-0.2, 0) is 0 Å². The Hall–Kier alpha value is -2.42. The molecular weight excluding hydrogens is 425 g/mol. The molecular formula is C20H25Cl2N7O. The van der Waals surface area contributed by atoms with Crippen LogP contribution in [0.15, 0.2) is 36.8 Å². The lowest BCUT2D eigenvalue weighted by molar-refractivity contribution is 0.455. The van der Waals surface area contributed by atoms with Crippen molar-refractivity contribution >= 4 is 30.8 Å². The molecule has 0 bridgehead atoms. The number of nitrogens with one attached hydrogen (secondary N) is 2. The van der Waals surface area contributed by atoms with Gasteiger partial charge in [-0.05, 0) is 43.9 Å². The normalized spacial score (nSPS) is 19.1. The molecule has 3 N–H and O–H groups in total. The molecule has 3 aromatic rings. The molecule has 1 saturated carbocycles. The van der Waals surface area contributed by atoms with Crippen LogP contribution in [0.25, 0.3) is 22.4 Å². The van der Waals surface area contributed by atoms with Crippen molar-refractivity contribution in [2.24, 2.45) is 0 Å². The van der Waals surface area contributed by atoms with Gasteiger partial charge in [0.2, 0.25) is 5.95 Å². The molecule has 1 unspecified atom stereocenters. The smallest absolute Gasteiger partial charge is 0.245 e. The van der Waals surface area contributed by atoms with Gasteiger partial charge in [0, 0.05) is 42.0 Å². The highest BCUT2D eigenvalue weighted by Gasteiger charge is 2.40. The van der Waals surface area contributed by atoms with Gasteiger partial charge >= 0.3 is 0 Å². The zero-order valence-corrected chi connectivity index (χ0v) is 18.2. The van der Waals surface area contributed by atoms with E-state index in [2.05, 4.69) is 42.5 Å². The maximum Gasteiger partial charge on any atom is 0.245 e. The highest BCUT2D eigenvalue weighted by Crippen LogP contribution is 2.36. The van der Waals surface area contributed by atoms with Crippen molar-refractivity contribution in [3.63, 3.8) is 0 Å². The Morgan fingerprint density at radius 1 is 1.17 bits per heavy atom. The van der Waals surface area contributed by atoms with Crippen LogP contribution in [0.5, 0.6) is 5.75 Å². The van der Waals surface area contributed by atoms with Crippen molar-refractivity contribution in [2.75, 3.05) is 18.0 Å². The van der Waals surface area contributed by atoms with E-state index < -0.39 is 0 Å². The first-order valence-electron chi connectivity index (χ1n) is 9.65. The Morgan fingerprint density at radius 2 is 2.00 bits per heavy atom. The molecule has 2 fully saturated rings. The van der Waals surface area contributed by atoms with Gasteiger partial charge < -0.3 is 15.3 Å². The topological polar surface area (TPSA) is 103 Å². The largest absolute Gasteiger partial charge is 0.507 e. The number of hydrogen-bond acceptors (Lipinski definition) is 7. The number of nitrogens with zero attached hydrogens (tertiary/aromatic N) is 5. The Labute approximate surface area is 187 Å². The van der Waals surface area contributed by atoms with Gasteiger partial charge in [0.15, 0.2) is 0 Å². The van der Waals surface area contributed by atoms with Crippen LogP contribution in [0.3, 0.4) is 0 Å². The van der Waals surface area contributed by atoms with E-state index in [1.165, 1.54) is 12.8 Å². The molecule has 1 aliphatic heterocycles. The van der Waals surface area contributed by atoms with Gasteiger partial charge in [0.1, 0.15) is 11.4 Å². The van der Waals surface area contributed by atoms with E-state index in [1.54, 1.807) is 24.7 Å². The van der Waals surface area contributed by atoms with Crippen LogP contribution in [0.4, 0.5) is 5.95 Å². The molecule has 1 aromatic carbocycles. The van der Waals surface area contributed by atoms with Crippen LogP contribution in [0, 0.1) is 0 Å². The summed E-state index contributed by atoms with van der Waals surface area (Å²) in [6, 6.07) is 5.93. The van der Waals surface area contributed by atoms with Crippen LogP contribution in [-0.4, -0.2) is 55.2 Å². The van der Waals surface area contributed by atoms with E-state index in [-0.39, 0.29) is 30.6 Å². The lowest BCUT2D eigenvalue weighted by Gasteiger charge is -2.19. The maximum absolute atomic E-state index is 10.4. The predicted octanol–water partition coefficient (Wildman–Crippen LogP) is 3.20. The fourth-order valence-electron chi connectivity index (χ4n) is 3.76. The summed E-state index contributed by atoms with van der Waals surface area (Å²) in [5.74, 6) is 0.786. The molecule has 1 saturated heterocycles. The number of aromatic nitrogens is 5. The van der Waals surface area contributed by atoms with Gasteiger partial charge in [-0.15, -0.1) is 35.0 Å². The summed E-state index contributed by atoms with van der Waals surface area (Å²) in [5.41, 5.74) is 3.30. The quantitative estimate of drug-likeness (QED) is 0.549. The third kappa shape index (κ3) is 4.50. The molecule has 0 amide bonds. The number of aromatic hydroxyl groups is 1. The van der Waals surface area contributed by atoms with Crippen LogP contribution >= 0.6 is 24.8 Å². The summed E-state index contributed by atoms with van der Waals surface area (Å²) in [6.07, 6.45) is 8.80. The zero-order valence-electron chi connectivity index (χ0n) is 16.6.